The van der Waals surface area contributed by atoms with Crippen LogP contribution in [0.15, 0.2) is 109 Å². The van der Waals surface area contributed by atoms with Crippen LogP contribution in [0.1, 0.15) is 239 Å². The summed E-state index contributed by atoms with van der Waals surface area (Å²) < 4.78 is 16.8. The van der Waals surface area contributed by atoms with E-state index < -0.39 is 6.10 Å². The van der Waals surface area contributed by atoms with Gasteiger partial charge in [-0.1, -0.05) is 226 Å². The first-order valence-electron chi connectivity index (χ1n) is 27.4. The Balaban J connectivity index is 4.47. The van der Waals surface area contributed by atoms with E-state index >= 15 is 0 Å². The van der Waals surface area contributed by atoms with Crippen LogP contribution in [0, 0.1) is 0 Å². The van der Waals surface area contributed by atoms with Crippen LogP contribution < -0.4 is 0 Å². The third-order valence-corrected chi connectivity index (χ3v) is 11.3. The second-order valence-electron chi connectivity index (χ2n) is 17.7. The standard InChI is InChI=1S/C61H100O6/c1-4-7-10-13-16-19-22-25-27-28-29-30-31-32-34-36-39-42-45-48-51-54-60(63)66-57-58(56-65-59(62)53-50-47-44-41-38-35-24-21-18-15-12-9-6-3)67-61(64)55-52-49-46-43-40-37-33-26-23-20-17-14-11-8-5-2/h7-8,10-11,16-17,19-20,25-27,29-30,32-34,40,43,58H,4-6,9,12-15,18,21-24,28,31,35-39,41-42,44-57H2,1-3H3/b10-7-,11-8-,19-16-,20-17-,27-25-,30-29-,33-26-,34-32-,43-40-. The molecule has 0 fully saturated rings. The number of hydrogen-bond acceptors (Lipinski definition) is 6. The maximum Gasteiger partial charge on any atom is 0.306 e. The molecule has 0 N–H and O–H groups in total. The molecule has 0 heterocycles. The Kier molecular flexibility index (Phi) is 51.5. The molecule has 0 aliphatic carbocycles. The van der Waals surface area contributed by atoms with Crippen molar-refractivity contribution < 1.29 is 28.6 Å². The molecule has 6 nitrogen and oxygen atoms in total. The molecule has 380 valence electrons. The van der Waals surface area contributed by atoms with Crippen molar-refractivity contribution in [3.63, 3.8) is 0 Å². The first-order chi connectivity index (χ1) is 33.0. The van der Waals surface area contributed by atoms with E-state index in [9.17, 15) is 14.4 Å². The first-order valence-corrected chi connectivity index (χ1v) is 27.4. The van der Waals surface area contributed by atoms with Crippen LogP contribution in [0.3, 0.4) is 0 Å². The summed E-state index contributed by atoms with van der Waals surface area (Å²) in [5, 5.41) is 0. The van der Waals surface area contributed by atoms with Crippen molar-refractivity contribution >= 4 is 17.9 Å². The topological polar surface area (TPSA) is 78.9 Å². The van der Waals surface area contributed by atoms with Crippen molar-refractivity contribution in [3.8, 4) is 0 Å². The predicted molar refractivity (Wildman–Crippen MR) is 288 cm³/mol. The van der Waals surface area contributed by atoms with Crippen molar-refractivity contribution in [3.05, 3.63) is 109 Å². The van der Waals surface area contributed by atoms with E-state index in [1.807, 2.05) is 0 Å². The molecular weight excluding hydrogens is 829 g/mol. The molecule has 1 atom stereocenters. The van der Waals surface area contributed by atoms with Gasteiger partial charge in [0.1, 0.15) is 13.2 Å². The lowest BCUT2D eigenvalue weighted by atomic mass is 10.0. The number of carbonyl (C=O) groups excluding carboxylic acids is 3. The van der Waals surface area contributed by atoms with Crippen LogP contribution in [0.4, 0.5) is 0 Å². The fraction of sp³-hybridized carbons (Fsp3) is 0.656. The Hall–Kier alpha value is -3.93. The lowest BCUT2D eigenvalue weighted by Crippen LogP contribution is -2.30. The van der Waals surface area contributed by atoms with Gasteiger partial charge in [0.05, 0.1) is 0 Å². The van der Waals surface area contributed by atoms with Crippen molar-refractivity contribution in [1.82, 2.24) is 0 Å². The molecule has 0 aromatic carbocycles. The lowest BCUT2D eigenvalue weighted by molar-refractivity contribution is -0.167. The monoisotopic (exact) mass is 929 g/mol. The van der Waals surface area contributed by atoms with E-state index in [0.29, 0.717) is 19.3 Å². The van der Waals surface area contributed by atoms with Crippen LogP contribution in [0.2, 0.25) is 0 Å². The third-order valence-electron chi connectivity index (χ3n) is 11.3. The summed E-state index contributed by atoms with van der Waals surface area (Å²) in [4.78, 5) is 38.1. The first kappa shape index (κ1) is 63.1. The van der Waals surface area contributed by atoms with Crippen LogP contribution >= 0.6 is 0 Å². The number of rotatable bonds is 48. The molecule has 67 heavy (non-hydrogen) atoms. The van der Waals surface area contributed by atoms with Gasteiger partial charge in [-0.15, -0.1) is 0 Å². The number of hydrogen-bond donors (Lipinski definition) is 0. The average molecular weight is 929 g/mol. The predicted octanol–water partition coefficient (Wildman–Crippen LogP) is 18.3. The van der Waals surface area contributed by atoms with E-state index in [1.165, 1.54) is 64.2 Å². The minimum Gasteiger partial charge on any atom is -0.462 e. The lowest BCUT2D eigenvalue weighted by Gasteiger charge is -2.18. The Morgan fingerprint density at radius 3 is 0.940 bits per heavy atom. The van der Waals surface area contributed by atoms with Gasteiger partial charge in [-0.05, 0) is 103 Å². The van der Waals surface area contributed by atoms with Crippen LogP contribution in [0.5, 0.6) is 0 Å². The molecule has 0 rings (SSSR count). The summed E-state index contributed by atoms with van der Waals surface area (Å²) in [5.74, 6) is -0.964. The summed E-state index contributed by atoms with van der Waals surface area (Å²) >= 11 is 0. The molecule has 0 aliphatic rings. The highest BCUT2D eigenvalue weighted by Gasteiger charge is 2.19. The highest BCUT2D eigenvalue weighted by molar-refractivity contribution is 5.71. The van der Waals surface area contributed by atoms with Gasteiger partial charge in [-0.25, -0.2) is 0 Å². The number of unbranched alkanes of at least 4 members (excludes halogenated alkanes) is 19. The molecule has 0 aromatic rings. The molecule has 0 saturated carbocycles. The van der Waals surface area contributed by atoms with Crippen molar-refractivity contribution in [2.24, 2.45) is 0 Å². The average Bonchev–Trinajstić information content (AvgIpc) is 3.33. The Bertz CT molecular complexity index is 1390. The van der Waals surface area contributed by atoms with E-state index in [1.54, 1.807) is 0 Å². The smallest absolute Gasteiger partial charge is 0.306 e. The molecule has 0 bridgehead atoms. The molecule has 0 spiro atoms. The third kappa shape index (κ3) is 52.9. The fourth-order valence-electron chi connectivity index (χ4n) is 7.22. The Morgan fingerprint density at radius 2 is 0.582 bits per heavy atom. The minimum atomic E-state index is -0.808. The zero-order valence-electron chi connectivity index (χ0n) is 43.4. The Morgan fingerprint density at radius 1 is 0.313 bits per heavy atom. The van der Waals surface area contributed by atoms with Crippen molar-refractivity contribution in [2.45, 2.75) is 245 Å². The largest absolute Gasteiger partial charge is 0.462 e. The quantitative estimate of drug-likeness (QED) is 0.0262. The van der Waals surface area contributed by atoms with Gasteiger partial charge >= 0.3 is 17.9 Å². The zero-order valence-corrected chi connectivity index (χ0v) is 43.4. The number of esters is 3. The SMILES string of the molecule is CC/C=C\C/C=C\C/C=C\C/C=C\C/C=C\CCCCCCCC(=O)OCC(COC(=O)CCCCCCCCCCCCCCC)OC(=O)CCCC/C=C\C/C=C\C/C=C\C/C=C\CC. The number of carbonyl (C=O) groups is 3. The van der Waals surface area contributed by atoms with Gasteiger partial charge in [-0.2, -0.15) is 0 Å². The molecular formula is C61H100O6. The van der Waals surface area contributed by atoms with Gasteiger partial charge in [-0.3, -0.25) is 14.4 Å². The Labute approximate surface area is 412 Å². The summed E-state index contributed by atoms with van der Waals surface area (Å²) in [6.07, 6.45) is 73.6. The fourth-order valence-corrected chi connectivity index (χ4v) is 7.22. The molecule has 6 heteroatoms. The minimum absolute atomic E-state index is 0.101. The van der Waals surface area contributed by atoms with Gasteiger partial charge in [0.2, 0.25) is 0 Å². The highest BCUT2D eigenvalue weighted by atomic mass is 16.6. The van der Waals surface area contributed by atoms with E-state index in [4.69, 9.17) is 14.2 Å². The second-order valence-corrected chi connectivity index (χ2v) is 17.7. The highest BCUT2D eigenvalue weighted by Crippen LogP contribution is 2.14. The number of allylic oxidation sites excluding steroid dienone is 18. The zero-order chi connectivity index (χ0) is 48.6. The van der Waals surface area contributed by atoms with Crippen molar-refractivity contribution in [2.75, 3.05) is 13.2 Å². The van der Waals surface area contributed by atoms with Gasteiger partial charge in [0.15, 0.2) is 6.10 Å². The summed E-state index contributed by atoms with van der Waals surface area (Å²) in [5.41, 5.74) is 0. The summed E-state index contributed by atoms with van der Waals surface area (Å²) in [6, 6.07) is 0. The summed E-state index contributed by atoms with van der Waals surface area (Å²) in [7, 11) is 0. The molecule has 1 unspecified atom stereocenters. The molecule has 0 amide bonds. The van der Waals surface area contributed by atoms with Gasteiger partial charge in [0.25, 0.3) is 0 Å². The van der Waals surface area contributed by atoms with Gasteiger partial charge < -0.3 is 14.2 Å². The maximum absolute atomic E-state index is 12.8. The van der Waals surface area contributed by atoms with E-state index in [2.05, 4.69) is 130 Å². The molecule has 0 saturated heterocycles. The normalized spacial score (nSPS) is 12.9. The van der Waals surface area contributed by atoms with Gasteiger partial charge in [0, 0.05) is 19.3 Å². The van der Waals surface area contributed by atoms with Crippen LogP contribution in [-0.4, -0.2) is 37.2 Å². The van der Waals surface area contributed by atoms with Crippen molar-refractivity contribution in [1.29, 1.82) is 0 Å². The van der Waals surface area contributed by atoms with Crippen LogP contribution in [0.25, 0.3) is 0 Å². The van der Waals surface area contributed by atoms with Crippen LogP contribution in [-0.2, 0) is 28.6 Å². The molecule has 0 aromatic heterocycles. The molecule has 0 aliphatic heterocycles. The van der Waals surface area contributed by atoms with E-state index in [-0.39, 0.29) is 37.5 Å². The van der Waals surface area contributed by atoms with E-state index in [0.717, 1.165) is 128 Å². The molecule has 0 radical (unpaired) electrons. The number of ether oxygens (including phenoxy) is 3. The second kappa shape index (κ2) is 54.7. The summed E-state index contributed by atoms with van der Waals surface area (Å²) in [6.45, 7) is 6.35. The maximum atomic E-state index is 12.8.